The number of carboxylic acids is 1. The Kier molecular flexibility index (Phi) is 4.25. The van der Waals surface area contributed by atoms with Gasteiger partial charge in [-0.1, -0.05) is 19.9 Å². The first-order chi connectivity index (χ1) is 10.3. The van der Waals surface area contributed by atoms with Gasteiger partial charge in [-0.15, -0.1) is 0 Å². The second-order valence-electron chi connectivity index (χ2n) is 5.40. The largest absolute Gasteiger partial charge is 0.480 e. The molecule has 0 unspecified atom stereocenters. The number of carboxylic acid groups (broad SMARTS) is 1. The van der Waals surface area contributed by atoms with E-state index in [1.54, 1.807) is 32.9 Å². The molecule has 0 bridgehead atoms. The number of hydrogen-bond acceptors (Lipinski definition) is 4. The summed E-state index contributed by atoms with van der Waals surface area (Å²) in [6.07, 6.45) is 2.70. The molecule has 7 nitrogen and oxygen atoms in total. The van der Waals surface area contributed by atoms with Gasteiger partial charge in [0.25, 0.3) is 11.5 Å². The van der Waals surface area contributed by atoms with Crippen LogP contribution in [0, 0.1) is 12.8 Å². The number of carbonyl (C=O) groups excluding carboxylic acids is 1. The van der Waals surface area contributed by atoms with Gasteiger partial charge in [0.2, 0.25) is 0 Å². The molecule has 0 radical (unpaired) electrons. The minimum Gasteiger partial charge on any atom is -0.480 e. The van der Waals surface area contributed by atoms with E-state index in [1.807, 2.05) is 0 Å². The summed E-state index contributed by atoms with van der Waals surface area (Å²) in [5.41, 5.74) is 0.550. The zero-order chi connectivity index (χ0) is 16.4. The summed E-state index contributed by atoms with van der Waals surface area (Å²) in [6.45, 7) is 5.16. The van der Waals surface area contributed by atoms with Crippen molar-refractivity contribution in [1.29, 1.82) is 0 Å². The van der Waals surface area contributed by atoms with Gasteiger partial charge in [0.05, 0.1) is 0 Å². The average molecular weight is 303 g/mol. The van der Waals surface area contributed by atoms with Crippen LogP contribution in [-0.2, 0) is 4.79 Å². The number of aliphatic carboxylic acids is 1. The lowest BCUT2D eigenvalue weighted by atomic mass is 10.0. The highest BCUT2D eigenvalue weighted by Gasteiger charge is 2.25. The van der Waals surface area contributed by atoms with Gasteiger partial charge in [-0.3, -0.25) is 14.0 Å². The first-order valence-electron chi connectivity index (χ1n) is 6.83. The summed E-state index contributed by atoms with van der Waals surface area (Å²) in [7, 11) is 0. The number of pyridine rings is 1. The Labute approximate surface area is 126 Å². The van der Waals surface area contributed by atoms with Gasteiger partial charge in [-0.2, -0.15) is 0 Å². The van der Waals surface area contributed by atoms with Crippen molar-refractivity contribution in [3.8, 4) is 0 Å². The normalized spacial score (nSPS) is 12.4. The summed E-state index contributed by atoms with van der Waals surface area (Å²) < 4.78 is 1.27. The number of aromatic nitrogens is 2. The number of nitrogens with zero attached hydrogens (tertiary/aromatic N) is 2. The second-order valence-corrected chi connectivity index (χ2v) is 5.40. The predicted molar refractivity (Wildman–Crippen MR) is 79.9 cm³/mol. The molecule has 0 saturated heterocycles. The van der Waals surface area contributed by atoms with Crippen LogP contribution in [0.5, 0.6) is 0 Å². The van der Waals surface area contributed by atoms with Crippen LogP contribution in [0.2, 0.25) is 0 Å². The molecule has 0 aliphatic rings. The molecule has 1 atom stereocenters. The lowest BCUT2D eigenvalue weighted by Crippen LogP contribution is -2.45. The van der Waals surface area contributed by atoms with Crippen LogP contribution < -0.4 is 10.9 Å². The van der Waals surface area contributed by atoms with E-state index in [-0.39, 0.29) is 11.5 Å². The Bertz CT molecular complexity index is 795. The Hall–Kier alpha value is -2.70. The molecule has 0 aliphatic carbocycles. The van der Waals surface area contributed by atoms with Crippen LogP contribution >= 0.6 is 0 Å². The highest BCUT2D eigenvalue weighted by atomic mass is 16.4. The van der Waals surface area contributed by atoms with Gasteiger partial charge >= 0.3 is 5.97 Å². The topological polar surface area (TPSA) is 101 Å². The molecule has 1 amide bonds. The fourth-order valence-electron chi connectivity index (χ4n) is 2.14. The van der Waals surface area contributed by atoms with Crippen molar-refractivity contribution in [2.75, 3.05) is 0 Å². The van der Waals surface area contributed by atoms with E-state index in [1.165, 1.54) is 16.8 Å². The molecule has 22 heavy (non-hydrogen) atoms. The average Bonchev–Trinajstić information content (AvgIpc) is 2.45. The Morgan fingerprint density at radius 3 is 2.64 bits per heavy atom. The third-order valence-electron chi connectivity index (χ3n) is 3.39. The van der Waals surface area contributed by atoms with E-state index < -0.39 is 23.5 Å². The minimum atomic E-state index is -1.15. The van der Waals surface area contributed by atoms with Gasteiger partial charge in [-0.25, -0.2) is 9.78 Å². The fraction of sp³-hybridized carbons (Fsp3) is 0.333. The zero-order valence-corrected chi connectivity index (χ0v) is 12.5. The second kappa shape index (κ2) is 5.97. The van der Waals surface area contributed by atoms with E-state index in [2.05, 4.69) is 10.3 Å². The van der Waals surface area contributed by atoms with E-state index in [0.717, 1.165) is 5.56 Å². The number of rotatable bonds is 4. The Balaban J connectivity index is 2.43. The Morgan fingerprint density at radius 1 is 1.36 bits per heavy atom. The van der Waals surface area contributed by atoms with Crippen molar-refractivity contribution >= 4 is 17.5 Å². The van der Waals surface area contributed by atoms with Crippen molar-refractivity contribution in [2.24, 2.45) is 5.92 Å². The minimum absolute atomic E-state index is 0.185. The van der Waals surface area contributed by atoms with Gasteiger partial charge < -0.3 is 10.4 Å². The summed E-state index contributed by atoms with van der Waals surface area (Å²) in [5.74, 6) is -2.19. The maximum atomic E-state index is 12.4. The molecule has 2 heterocycles. The molecule has 2 N–H and O–H groups in total. The molecule has 7 heteroatoms. The molecule has 2 rings (SSSR count). The lowest BCUT2D eigenvalue weighted by Gasteiger charge is -2.17. The maximum absolute atomic E-state index is 12.4. The molecule has 0 aromatic carbocycles. The van der Waals surface area contributed by atoms with E-state index >= 15 is 0 Å². The highest BCUT2D eigenvalue weighted by Crippen LogP contribution is 2.06. The smallest absolute Gasteiger partial charge is 0.326 e. The van der Waals surface area contributed by atoms with E-state index in [4.69, 9.17) is 5.11 Å². The first kappa shape index (κ1) is 15.7. The summed E-state index contributed by atoms with van der Waals surface area (Å²) in [6, 6.07) is 2.42. The summed E-state index contributed by atoms with van der Waals surface area (Å²) >= 11 is 0. The molecule has 0 aliphatic heterocycles. The molecule has 0 spiro atoms. The summed E-state index contributed by atoms with van der Waals surface area (Å²) in [5, 5.41) is 11.5. The molecule has 0 fully saturated rings. The molecular weight excluding hydrogens is 286 g/mol. The third-order valence-corrected chi connectivity index (χ3v) is 3.39. The predicted octanol–water partition coefficient (Wildman–Crippen LogP) is 0.842. The molecule has 2 aromatic rings. The lowest BCUT2D eigenvalue weighted by molar-refractivity contribution is -0.140. The highest BCUT2D eigenvalue weighted by molar-refractivity contribution is 5.96. The van der Waals surface area contributed by atoms with Gasteiger partial charge in [-0.05, 0) is 24.5 Å². The third kappa shape index (κ3) is 2.83. The van der Waals surface area contributed by atoms with Crippen LogP contribution in [0.3, 0.4) is 0 Å². The van der Waals surface area contributed by atoms with Crippen molar-refractivity contribution in [2.45, 2.75) is 26.8 Å². The van der Waals surface area contributed by atoms with Gasteiger partial charge in [0, 0.05) is 12.4 Å². The first-order valence-corrected chi connectivity index (χ1v) is 6.83. The monoisotopic (exact) mass is 303 g/mol. The van der Waals surface area contributed by atoms with Crippen LogP contribution in [0.25, 0.3) is 5.65 Å². The summed E-state index contributed by atoms with van der Waals surface area (Å²) in [4.78, 5) is 39.8. The van der Waals surface area contributed by atoms with Crippen LogP contribution in [0.15, 0.2) is 29.3 Å². The molecule has 116 valence electrons. The number of fused-ring (bicyclic) bond motifs is 1. The van der Waals surface area contributed by atoms with E-state index in [9.17, 15) is 14.4 Å². The number of aryl methyl sites for hydroxylation is 1. The quantitative estimate of drug-likeness (QED) is 0.871. The van der Waals surface area contributed by atoms with E-state index in [0.29, 0.717) is 5.65 Å². The zero-order valence-electron chi connectivity index (χ0n) is 12.5. The van der Waals surface area contributed by atoms with Gasteiger partial charge in [0.1, 0.15) is 17.3 Å². The number of carbonyl (C=O) groups is 2. The maximum Gasteiger partial charge on any atom is 0.326 e. The van der Waals surface area contributed by atoms with Crippen molar-refractivity contribution in [1.82, 2.24) is 14.7 Å². The van der Waals surface area contributed by atoms with Crippen LogP contribution in [0.1, 0.15) is 29.8 Å². The standard InChI is InChI=1S/C15H17N3O4/c1-8(2)11(15(21)22)17-13(19)10-7-16-12-9(3)5-4-6-18(12)14(10)20/h4-8,11H,1-3H3,(H,17,19)(H,21,22)/t11-/m1/s1. The molecule has 0 saturated carbocycles. The fourth-order valence-corrected chi connectivity index (χ4v) is 2.14. The SMILES string of the molecule is Cc1cccn2c(=O)c(C(=O)N[C@@H](C(=O)O)C(C)C)cnc12. The van der Waals surface area contributed by atoms with Crippen molar-refractivity contribution in [3.63, 3.8) is 0 Å². The van der Waals surface area contributed by atoms with Gasteiger partial charge in [0.15, 0.2) is 0 Å². The van der Waals surface area contributed by atoms with Crippen molar-refractivity contribution in [3.05, 3.63) is 46.0 Å². The van der Waals surface area contributed by atoms with Crippen LogP contribution in [0.4, 0.5) is 0 Å². The van der Waals surface area contributed by atoms with Crippen LogP contribution in [-0.4, -0.2) is 32.4 Å². The molecular formula is C15H17N3O4. The van der Waals surface area contributed by atoms with Crippen molar-refractivity contribution < 1.29 is 14.7 Å². The Morgan fingerprint density at radius 2 is 2.05 bits per heavy atom. The molecule has 2 aromatic heterocycles. The number of amides is 1. The number of hydrogen-bond donors (Lipinski definition) is 2. The number of nitrogens with one attached hydrogen (secondary N) is 1.